The van der Waals surface area contributed by atoms with Gasteiger partial charge in [-0.15, -0.1) is 0 Å². The van der Waals surface area contributed by atoms with Gasteiger partial charge in [0.15, 0.2) is 0 Å². The zero-order valence-corrected chi connectivity index (χ0v) is 10.2. The van der Waals surface area contributed by atoms with E-state index in [4.69, 9.17) is 0 Å². The average molecular weight is 234 g/mol. The van der Waals surface area contributed by atoms with Crippen molar-refractivity contribution >= 4 is 12.1 Å². The van der Waals surface area contributed by atoms with E-state index < -0.39 is 11.5 Å². The summed E-state index contributed by atoms with van der Waals surface area (Å²) >= 11 is 0. The van der Waals surface area contributed by atoms with Gasteiger partial charge >= 0.3 is 0 Å². The maximum Gasteiger partial charge on any atom is 0.271 e. The number of rotatable bonds is 5. The highest BCUT2D eigenvalue weighted by Crippen LogP contribution is 2.14. The van der Waals surface area contributed by atoms with Crippen molar-refractivity contribution in [3.05, 3.63) is 35.9 Å². The molecule has 2 N–H and O–H groups in total. The number of carbonyl (C=O) groups excluding carboxylic acids is 1. The molecule has 0 spiro atoms. The molecule has 0 bridgehead atoms. The molecule has 0 saturated carbocycles. The van der Waals surface area contributed by atoms with Crippen LogP contribution in [0.2, 0.25) is 0 Å². The van der Waals surface area contributed by atoms with Gasteiger partial charge in [0.1, 0.15) is 5.60 Å². The van der Waals surface area contributed by atoms with E-state index in [1.165, 1.54) is 0 Å². The van der Waals surface area contributed by atoms with Crippen LogP contribution >= 0.6 is 0 Å². The molecule has 4 nitrogen and oxygen atoms in total. The fourth-order valence-corrected chi connectivity index (χ4v) is 1.38. The van der Waals surface area contributed by atoms with Gasteiger partial charge in [-0.2, -0.15) is 5.10 Å². The molecule has 0 aliphatic heterocycles. The van der Waals surface area contributed by atoms with Crippen LogP contribution in [0.25, 0.3) is 0 Å². The number of carbonyl (C=O) groups is 1. The number of hydrazone groups is 1. The van der Waals surface area contributed by atoms with Crippen molar-refractivity contribution in [2.75, 3.05) is 0 Å². The van der Waals surface area contributed by atoms with Crippen molar-refractivity contribution in [2.24, 2.45) is 5.10 Å². The highest BCUT2D eigenvalue weighted by atomic mass is 16.3. The predicted octanol–water partition coefficient (Wildman–Crippen LogP) is 1.69. The van der Waals surface area contributed by atoms with Gasteiger partial charge in [0.2, 0.25) is 0 Å². The maximum atomic E-state index is 11.6. The van der Waals surface area contributed by atoms with Crippen LogP contribution in [-0.2, 0) is 4.79 Å². The molecule has 1 aromatic carbocycles. The first-order chi connectivity index (χ1) is 8.12. The van der Waals surface area contributed by atoms with E-state index in [2.05, 4.69) is 10.5 Å². The number of nitrogens with one attached hydrogen (secondary N) is 1. The third kappa shape index (κ3) is 3.67. The molecular formula is C13H18N2O2. The smallest absolute Gasteiger partial charge is 0.271 e. The van der Waals surface area contributed by atoms with Crippen LogP contribution < -0.4 is 5.43 Å². The minimum absolute atomic E-state index is 0.371. The molecule has 0 aliphatic carbocycles. The molecule has 0 heterocycles. The molecule has 0 atom stereocenters. The second-order valence-corrected chi connectivity index (χ2v) is 3.85. The third-order valence-corrected chi connectivity index (χ3v) is 2.77. The quantitative estimate of drug-likeness (QED) is 0.601. The van der Waals surface area contributed by atoms with Gasteiger partial charge in [-0.1, -0.05) is 44.2 Å². The summed E-state index contributed by atoms with van der Waals surface area (Å²) in [6.07, 6.45) is 2.29. The number of nitrogens with zero attached hydrogens (tertiary/aromatic N) is 1. The highest BCUT2D eigenvalue weighted by molar-refractivity contribution is 5.86. The number of benzene rings is 1. The van der Waals surface area contributed by atoms with E-state index in [9.17, 15) is 9.90 Å². The Bertz CT molecular complexity index is 384. The lowest BCUT2D eigenvalue weighted by molar-refractivity contribution is -0.140. The average Bonchev–Trinajstić information content (AvgIpc) is 2.39. The largest absolute Gasteiger partial charge is 0.380 e. The van der Waals surface area contributed by atoms with Crippen molar-refractivity contribution in [3.63, 3.8) is 0 Å². The minimum atomic E-state index is -1.33. The topological polar surface area (TPSA) is 61.7 Å². The van der Waals surface area contributed by atoms with Crippen molar-refractivity contribution in [3.8, 4) is 0 Å². The lowest BCUT2D eigenvalue weighted by Crippen LogP contribution is -2.44. The Balaban J connectivity index is 2.57. The zero-order valence-electron chi connectivity index (χ0n) is 10.2. The first-order valence-electron chi connectivity index (χ1n) is 5.73. The SMILES string of the molecule is CCC(O)(CC)C(=O)N/N=C\c1ccccc1. The normalized spacial score (nSPS) is 11.7. The Labute approximate surface area is 101 Å². The van der Waals surface area contributed by atoms with Gasteiger partial charge in [0, 0.05) is 0 Å². The Morgan fingerprint density at radius 2 is 1.94 bits per heavy atom. The Morgan fingerprint density at radius 3 is 2.47 bits per heavy atom. The molecule has 17 heavy (non-hydrogen) atoms. The summed E-state index contributed by atoms with van der Waals surface area (Å²) in [6.45, 7) is 3.54. The van der Waals surface area contributed by atoms with E-state index in [0.29, 0.717) is 12.8 Å². The Morgan fingerprint density at radius 1 is 1.35 bits per heavy atom. The van der Waals surface area contributed by atoms with Crippen molar-refractivity contribution in [1.82, 2.24) is 5.43 Å². The van der Waals surface area contributed by atoms with Gasteiger partial charge in [-0.3, -0.25) is 4.79 Å². The first-order valence-corrected chi connectivity index (χ1v) is 5.73. The van der Waals surface area contributed by atoms with Crippen molar-refractivity contribution < 1.29 is 9.90 Å². The summed E-state index contributed by atoms with van der Waals surface area (Å²) in [5, 5.41) is 13.7. The molecule has 1 aromatic rings. The van der Waals surface area contributed by atoms with Gasteiger partial charge in [-0.25, -0.2) is 5.43 Å². The summed E-state index contributed by atoms with van der Waals surface area (Å²) in [4.78, 5) is 11.6. The molecule has 0 unspecified atom stereocenters. The summed E-state index contributed by atoms with van der Waals surface area (Å²) in [5.41, 5.74) is 1.92. The number of aliphatic hydroxyl groups is 1. The number of amides is 1. The van der Waals surface area contributed by atoms with Crippen LogP contribution in [0.3, 0.4) is 0 Å². The van der Waals surface area contributed by atoms with E-state index >= 15 is 0 Å². The van der Waals surface area contributed by atoms with Crippen molar-refractivity contribution in [1.29, 1.82) is 0 Å². The molecule has 0 saturated heterocycles. The number of hydrogen-bond donors (Lipinski definition) is 2. The second-order valence-electron chi connectivity index (χ2n) is 3.85. The second kappa shape index (κ2) is 6.15. The molecule has 0 aromatic heterocycles. The zero-order chi connectivity index (χ0) is 12.7. The molecule has 1 rings (SSSR count). The summed E-state index contributed by atoms with van der Waals surface area (Å²) in [6, 6.07) is 9.43. The first kappa shape index (κ1) is 13.4. The van der Waals surface area contributed by atoms with Gasteiger partial charge < -0.3 is 5.11 Å². The van der Waals surface area contributed by atoms with Crippen LogP contribution in [-0.4, -0.2) is 22.8 Å². The molecule has 92 valence electrons. The highest BCUT2D eigenvalue weighted by Gasteiger charge is 2.31. The fraction of sp³-hybridized carbons (Fsp3) is 0.385. The standard InChI is InChI=1S/C13H18N2O2/c1-3-13(17,4-2)12(16)15-14-10-11-8-6-5-7-9-11/h5-10,17H,3-4H2,1-2H3,(H,15,16)/b14-10-. The summed E-state index contributed by atoms with van der Waals surface area (Å²) in [5.74, 6) is -0.463. The van der Waals surface area contributed by atoms with Crippen LogP contribution in [0.4, 0.5) is 0 Å². The molecule has 4 heteroatoms. The van der Waals surface area contributed by atoms with Crippen molar-refractivity contribution in [2.45, 2.75) is 32.3 Å². The maximum absolute atomic E-state index is 11.6. The lowest BCUT2D eigenvalue weighted by Gasteiger charge is -2.21. The summed E-state index contributed by atoms with van der Waals surface area (Å²) < 4.78 is 0. The van der Waals surface area contributed by atoms with E-state index in [0.717, 1.165) is 5.56 Å². The molecule has 0 aliphatic rings. The van der Waals surface area contributed by atoms with Crippen LogP contribution in [0, 0.1) is 0 Å². The van der Waals surface area contributed by atoms with E-state index in [-0.39, 0.29) is 0 Å². The predicted molar refractivity (Wildman–Crippen MR) is 67.7 cm³/mol. The number of hydrogen-bond acceptors (Lipinski definition) is 3. The van der Waals surface area contributed by atoms with E-state index in [1.807, 2.05) is 30.3 Å². The van der Waals surface area contributed by atoms with Gasteiger partial charge in [-0.05, 0) is 18.4 Å². The van der Waals surface area contributed by atoms with Crippen LogP contribution in [0.5, 0.6) is 0 Å². The van der Waals surface area contributed by atoms with Crippen LogP contribution in [0.15, 0.2) is 35.4 Å². The van der Waals surface area contributed by atoms with E-state index in [1.54, 1.807) is 20.1 Å². The third-order valence-electron chi connectivity index (χ3n) is 2.77. The molecule has 0 radical (unpaired) electrons. The van der Waals surface area contributed by atoms with Gasteiger partial charge in [0.25, 0.3) is 5.91 Å². The van der Waals surface area contributed by atoms with Crippen LogP contribution in [0.1, 0.15) is 32.3 Å². The Kier molecular flexibility index (Phi) is 4.84. The monoisotopic (exact) mass is 234 g/mol. The van der Waals surface area contributed by atoms with Gasteiger partial charge in [0.05, 0.1) is 6.21 Å². The Hall–Kier alpha value is -1.68. The summed E-state index contributed by atoms with van der Waals surface area (Å²) in [7, 11) is 0. The molecular weight excluding hydrogens is 216 g/mol. The molecule has 0 fully saturated rings. The molecule has 1 amide bonds. The fourth-order valence-electron chi connectivity index (χ4n) is 1.38. The lowest BCUT2D eigenvalue weighted by atomic mass is 9.97. The minimum Gasteiger partial charge on any atom is -0.380 e.